The molecule has 0 heterocycles. The molecule has 0 amide bonds. The molecule has 48 valence electrons. The Morgan fingerprint density at radius 1 is 1.38 bits per heavy atom. The Kier molecular flexibility index (Phi) is 15.5. The molecule has 0 saturated carbocycles. The molecule has 2 N–H and O–H groups in total. The average molecular weight is 156 g/mol. The quantitative estimate of drug-likeness (QED) is 0.290. The Morgan fingerprint density at radius 3 is 1.38 bits per heavy atom. The second-order valence-corrected chi connectivity index (χ2v) is 1.34. The normalized spacial score (nSPS) is 8.00. The summed E-state index contributed by atoms with van der Waals surface area (Å²) in [6.45, 7) is 0. The van der Waals surface area contributed by atoms with Crippen LogP contribution in [0.5, 0.6) is 0 Å². The van der Waals surface area contributed by atoms with Gasteiger partial charge in [-0.1, -0.05) is 0 Å². The molecule has 0 aromatic rings. The van der Waals surface area contributed by atoms with E-state index in [-0.39, 0.29) is 31.0 Å². The summed E-state index contributed by atoms with van der Waals surface area (Å²) in [4.78, 5) is 0. The molecule has 8 heavy (non-hydrogen) atoms. The van der Waals surface area contributed by atoms with Gasteiger partial charge in [-0.05, 0) is 0 Å². The van der Waals surface area contributed by atoms with Crippen molar-refractivity contribution in [2.24, 2.45) is 0 Å². The summed E-state index contributed by atoms with van der Waals surface area (Å²) in [6.07, 6.45) is 0. The maximum absolute atomic E-state index is 9.50. The summed E-state index contributed by atoms with van der Waals surface area (Å²) >= 11 is 0. The smallest absolute Gasteiger partial charge is 1.00 e. The van der Waals surface area contributed by atoms with Gasteiger partial charge in [0.2, 0.25) is 0 Å². The zero-order chi connectivity index (χ0) is 6.50. The van der Waals surface area contributed by atoms with Crippen molar-refractivity contribution in [2.45, 2.75) is 0 Å². The second kappa shape index (κ2) is 7.80. The van der Waals surface area contributed by atoms with Crippen LogP contribution in [-0.2, 0) is 10.4 Å². The average Bonchev–Trinajstić information content (AvgIpc) is 1.36. The van der Waals surface area contributed by atoms with Gasteiger partial charge in [0.05, 0.1) is 7.18 Å². The fourth-order valence-corrected chi connectivity index (χ4v) is 0. The predicted octanol–water partition coefficient (Wildman–Crippen LogP) is -2.95. The third-order valence-corrected chi connectivity index (χ3v) is 0. The van der Waals surface area contributed by atoms with Crippen molar-refractivity contribution in [1.29, 1.82) is 0 Å². The van der Waals surface area contributed by atoms with Gasteiger partial charge in [-0.3, -0.25) is 13.5 Å². The molecule has 0 unspecified atom stereocenters. The van der Waals surface area contributed by atoms with Gasteiger partial charge in [0, 0.05) is 0 Å². The molecule has 4 nitrogen and oxygen atoms in total. The van der Waals surface area contributed by atoms with Crippen LogP contribution in [0.15, 0.2) is 0 Å². The second-order valence-electron chi connectivity index (χ2n) is 0.448. The van der Waals surface area contributed by atoms with Crippen molar-refractivity contribution < 1.29 is 52.9 Å². The number of halogens is 1. The summed E-state index contributed by atoms with van der Waals surface area (Å²) in [5.41, 5.74) is 0. The largest absolute Gasteiger partial charge is 1.00 e. The Morgan fingerprint density at radius 2 is 1.38 bits per heavy atom. The zero-order valence-electron chi connectivity index (χ0n) is 5.50. The van der Waals surface area contributed by atoms with Crippen LogP contribution in [0, 0.1) is 0 Å². The first-order chi connectivity index (χ1) is 3.00. The zero-order valence-corrected chi connectivity index (χ0v) is 7.31. The Labute approximate surface area is 70.4 Å². The van der Waals surface area contributed by atoms with Gasteiger partial charge in [0.15, 0.2) is 0 Å². The van der Waals surface area contributed by atoms with Crippen molar-refractivity contribution in [3.8, 4) is 0 Å². The van der Waals surface area contributed by atoms with E-state index in [9.17, 15) is 4.39 Å². The number of alkyl halides is 1. The van der Waals surface area contributed by atoms with Gasteiger partial charge >= 0.3 is 40.0 Å². The molecule has 7 heteroatoms. The van der Waals surface area contributed by atoms with Crippen molar-refractivity contribution in [3.05, 3.63) is 0 Å². The van der Waals surface area contributed by atoms with Gasteiger partial charge in [-0.15, -0.1) is 0 Å². The van der Waals surface area contributed by atoms with Gasteiger partial charge < -0.3 is 1.43 Å². The third kappa shape index (κ3) is 357. The first-order valence-corrected chi connectivity index (χ1v) is 2.47. The molecule has 0 atom stereocenters. The van der Waals surface area contributed by atoms with Crippen LogP contribution in [0.1, 0.15) is 1.43 Å². The molecule has 0 aliphatic rings. The molecule has 0 aromatic heterocycles. The Balaban J connectivity index is -0.0000000286. The van der Waals surface area contributed by atoms with E-state index in [4.69, 9.17) is 17.5 Å². The van der Waals surface area contributed by atoms with Crippen LogP contribution < -0.4 is 29.6 Å². The van der Waals surface area contributed by atoms with Crippen LogP contribution in [0.3, 0.4) is 0 Å². The van der Waals surface area contributed by atoms with Crippen LogP contribution in [0.2, 0.25) is 0 Å². The van der Waals surface area contributed by atoms with E-state index in [2.05, 4.69) is 0 Å². The standard InChI is InChI=1S/CH3F.Na.H2O4S.H/c1-2;;1-5(2,3)4;/h1H3;;(H2,1,2,3,4);/q;+1;;-1. The fraction of sp³-hybridized carbons (Fsp3) is 1.00. The molecular weight excluding hydrogens is 150 g/mol. The molecule has 0 radical (unpaired) electrons. The summed E-state index contributed by atoms with van der Waals surface area (Å²) in [5, 5.41) is 0. The minimum absolute atomic E-state index is 0. The van der Waals surface area contributed by atoms with Crippen molar-refractivity contribution in [2.75, 3.05) is 7.18 Å². The number of rotatable bonds is 0. The van der Waals surface area contributed by atoms with Crippen LogP contribution in [0.25, 0.3) is 0 Å². The van der Waals surface area contributed by atoms with E-state index in [0.717, 1.165) is 0 Å². The summed E-state index contributed by atoms with van der Waals surface area (Å²) < 4.78 is 41.1. The number of hydrogen-bond donors (Lipinski definition) is 2. The minimum Gasteiger partial charge on any atom is -1.00 e. The van der Waals surface area contributed by atoms with Gasteiger partial charge in [0.25, 0.3) is 0 Å². The van der Waals surface area contributed by atoms with Gasteiger partial charge in [-0.2, -0.15) is 8.42 Å². The van der Waals surface area contributed by atoms with Crippen molar-refractivity contribution in [1.82, 2.24) is 0 Å². The molecule has 0 spiro atoms. The minimum atomic E-state index is -4.67. The van der Waals surface area contributed by atoms with E-state index >= 15 is 0 Å². The molecule has 0 bridgehead atoms. The topological polar surface area (TPSA) is 74.6 Å². The first kappa shape index (κ1) is 15.9. The summed E-state index contributed by atoms with van der Waals surface area (Å²) in [7, 11) is -4.17. The molecule has 0 rings (SSSR count). The van der Waals surface area contributed by atoms with Gasteiger partial charge in [0.1, 0.15) is 0 Å². The van der Waals surface area contributed by atoms with E-state index < -0.39 is 10.4 Å². The van der Waals surface area contributed by atoms with E-state index in [1.807, 2.05) is 0 Å². The molecular formula is CH6FNaO4S. The molecule has 0 aromatic carbocycles. The predicted molar refractivity (Wildman–Crippen MR) is 22.3 cm³/mol. The van der Waals surface area contributed by atoms with Crippen LogP contribution in [0.4, 0.5) is 4.39 Å². The molecule has 0 saturated heterocycles. The maximum Gasteiger partial charge on any atom is 1.00 e. The molecule has 0 aliphatic heterocycles. The van der Waals surface area contributed by atoms with Crippen molar-refractivity contribution in [3.63, 3.8) is 0 Å². The Hall–Kier alpha value is 0.800. The van der Waals surface area contributed by atoms with Crippen molar-refractivity contribution >= 4 is 10.4 Å². The summed E-state index contributed by atoms with van der Waals surface area (Å²) in [5.74, 6) is 0. The fourth-order valence-electron chi connectivity index (χ4n) is 0. The van der Waals surface area contributed by atoms with Gasteiger partial charge in [-0.25, -0.2) is 0 Å². The first-order valence-electron chi connectivity index (χ1n) is 1.08. The van der Waals surface area contributed by atoms with E-state index in [1.165, 1.54) is 0 Å². The monoisotopic (exact) mass is 156 g/mol. The third-order valence-electron chi connectivity index (χ3n) is 0. The number of hydrogen-bond acceptors (Lipinski definition) is 2. The molecule has 0 fully saturated rings. The molecule has 0 aliphatic carbocycles. The SMILES string of the molecule is CF.O=S(=O)(O)O.[H-].[Na+]. The maximum atomic E-state index is 9.50. The summed E-state index contributed by atoms with van der Waals surface area (Å²) in [6, 6.07) is 0. The Bertz CT molecular complexity index is 104. The van der Waals surface area contributed by atoms with Crippen LogP contribution >= 0.6 is 0 Å². The van der Waals surface area contributed by atoms with E-state index in [1.54, 1.807) is 0 Å². The van der Waals surface area contributed by atoms with Crippen LogP contribution in [-0.4, -0.2) is 24.7 Å². The van der Waals surface area contributed by atoms with E-state index in [0.29, 0.717) is 7.18 Å².